The summed E-state index contributed by atoms with van der Waals surface area (Å²) < 4.78 is 1.92. The number of rotatable bonds is 0. The normalized spacial score (nSPS) is 8.91. The van der Waals surface area contributed by atoms with Gasteiger partial charge in [-0.1, -0.05) is 19.9 Å². The minimum Gasteiger partial charge on any atom is -0.204 e. The van der Waals surface area contributed by atoms with Crippen molar-refractivity contribution in [1.29, 1.82) is 0 Å². The van der Waals surface area contributed by atoms with E-state index in [0.717, 1.165) is 5.65 Å². The van der Waals surface area contributed by atoms with Gasteiger partial charge in [-0.25, -0.2) is 4.40 Å². The lowest BCUT2D eigenvalue weighted by molar-refractivity contribution is -0.512. The van der Waals surface area contributed by atoms with E-state index in [0.29, 0.717) is 0 Å². The Kier molecular flexibility index (Phi) is 2.60. The molecule has 2 aromatic heterocycles. The van der Waals surface area contributed by atoms with Crippen LogP contribution in [0.3, 0.4) is 0 Å². The largest absolute Gasteiger partial charge is 0.269 e. The minimum absolute atomic E-state index is 1.01. The first-order valence-electron chi connectivity index (χ1n) is 3.76. The van der Waals surface area contributed by atoms with E-state index in [-0.39, 0.29) is 0 Å². The number of hydrogen-bond acceptors (Lipinski definition) is 1. The number of pyridine rings is 1. The van der Waals surface area contributed by atoms with Gasteiger partial charge in [0.25, 0.3) is 12.0 Å². The lowest BCUT2D eigenvalue weighted by Crippen LogP contribution is -2.15. The summed E-state index contributed by atoms with van der Waals surface area (Å²) in [7, 11) is 0. The standard InChI is InChI=1S/C6H5N3.C2H6/c1-2-4-9-5-7-8-6(9)3-1;1-2/h1-5H;1-2H3/p+1. The Balaban J connectivity index is 0.000000281. The molecule has 0 spiro atoms. The highest BCUT2D eigenvalue weighted by molar-refractivity contribution is 5.24. The van der Waals surface area contributed by atoms with Gasteiger partial charge in [0.15, 0.2) is 0 Å². The first kappa shape index (κ1) is 7.72. The van der Waals surface area contributed by atoms with E-state index in [2.05, 4.69) is 10.2 Å². The van der Waals surface area contributed by atoms with Crippen molar-refractivity contribution in [2.45, 2.75) is 13.8 Å². The number of aromatic amines is 1. The Morgan fingerprint density at radius 1 is 1.36 bits per heavy atom. The fourth-order valence-electron chi connectivity index (χ4n) is 0.808. The highest BCUT2D eigenvalue weighted by Gasteiger charge is 1.95. The molecule has 0 aliphatic carbocycles. The molecule has 0 aliphatic rings. The molecule has 0 unspecified atom stereocenters. The summed E-state index contributed by atoms with van der Waals surface area (Å²) in [6.07, 6.45) is 3.67. The summed E-state index contributed by atoms with van der Waals surface area (Å²) in [6, 6.07) is 5.89. The molecular weight excluding hydrogens is 138 g/mol. The number of nitrogens with one attached hydrogen (secondary N) is 1. The molecule has 0 atom stereocenters. The van der Waals surface area contributed by atoms with Gasteiger partial charge in [0, 0.05) is 11.2 Å². The van der Waals surface area contributed by atoms with Crippen LogP contribution in [0, 0.1) is 0 Å². The number of fused-ring (bicyclic) bond motifs is 1. The Labute approximate surface area is 65.7 Å². The summed E-state index contributed by atoms with van der Waals surface area (Å²) in [5.41, 5.74) is 1.01. The highest BCUT2D eigenvalue weighted by Crippen LogP contribution is 1.85. The maximum absolute atomic E-state index is 3.84. The molecule has 0 saturated carbocycles. The lowest BCUT2D eigenvalue weighted by Gasteiger charge is -1.78. The monoisotopic (exact) mass is 150 g/mol. The molecule has 2 heterocycles. The maximum atomic E-state index is 3.84. The van der Waals surface area contributed by atoms with Crippen LogP contribution in [0.25, 0.3) is 5.65 Å². The topological polar surface area (TPSA) is 32.8 Å². The number of aromatic nitrogens is 3. The molecular formula is C8H12N3+. The van der Waals surface area contributed by atoms with E-state index < -0.39 is 0 Å². The molecule has 58 valence electrons. The third-order valence-electron chi connectivity index (χ3n) is 1.25. The van der Waals surface area contributed by atoms with E-state index >= 15 is 0 Å². The van der Waals surface area contributed by atoms with E-state index in [4.69, 9.17) is 0 Å². The molecule has 0 fully saturated rings. The highest BCUT2D eigenvalue weighted by atomic mass is 15.2. The smallest absolute Gasteiger partial charge is 0.204 e. The van der Waals surface area contributed by atoms with Crippen LogP contribution in [0.2, 0.25) is 0 Å². The molecule has 0 radical (unpaired) electrons. The van der Waals surface area contributed by atoms with Gasteiger partial charge >= 0.3 is 0 Å². The fraction of sp³-hybridized carbons (Fsp3) is 0.250. The Bertz CT molecular complexity index is 283. The zero-order chi connectivity index (χ0) is 8.10. The van der Waals surface area contributed by atoms with Crippen LogP contribution >= 0.6 is 0 Å². The van der Waals surface area contributed by atoms with Crippen molar-refractivity contribution in [2.24, 2.45) is 0 Å². The van der Waals surface area contributed by atoms with Crippen molar-refractivity contribution in [3.05, 3.63) is 30.7 Å². The molecule has 0 aromatic carbocycles. The molecule has 2 rings (SSSR count). The first-order chi connectivity index (χ1) is 5.47. The lowest BCUT2D eigenvalue weighted by atomic mass is 10.5. The maximum Gasteiger partial charge on any atom is 0.269 e. The van der Waals surface area contributed by atoms with Crippen molar-refractivity contribution in [3.63, 3.8) is 0 Å². The van der Waals surface area contributed by atoms with Gasteiger partial charge in [0.05, 0.1) is 6.20 Å². The van der Waals surface area contributed by atoms with Crippen LogP contribution in [0.1, 0.15) is 13.8 Å². The van der Waals surface area contributed by atoms with Crippen molar-refractivity contribution in [3.8, 4) is 0 Å². The quantitative estimate of drug-likeness (QED) is 0.562. The summed E-state index contributed by atoms with van der Waals surface area (Å²) in [4.78, 5) is 0. The van der Waals surface area contributed by atoms with E-state index in [1.54, 1.807) is 6.33 Å². The van der Waals surface area contributed by atoms with Gasteiger partial charge in [-0.15, -0.1) is 5.10 Å². The predicted molar refractivity (Wildman–Crippen MR) is 43.1 cm³/mol. The Morgan fingerprint density at radius 2 is 2.18 bits per heavy atom. The molecule has 0 amide bonds. The summed E-state index contributed by atoms with van der Waals surface area (Å²) in [5, 5.41) is 6.67. The van der Waals surface area contributed by atoms with Gasteiger partial charge in [0.2, 0.25) is 0 Å². The third-order valence-corrected chi connectivity index (χ3v) is 1.25. The second-order valence-corrected chi connectivity index (χ2v) is 1.85. The Morgan fingerprint density at radius 3 is 2.91 bits per heavy atom. The minimum atomic E-state index is 1.01. The SMILES string of the molecule is CC.c1cc[n+]2cn[nH]c2c1. The van der Waals surface area contributed by atoms with Crippen LogP contribution in [-0.2, 0) is 0 Å². The molecule has 0 saturated heterocycles. The van der Waals surface area contributed by atoms with Crippen molar-refractivity contribution < 1.29 is 4.40 Å². The second-order valence-electron chi connectivity index (χ2n) is 1.85. The van der Waals surface area contributed by atoms with E-state index in [9.17, 15) is 0 Å². The zero-order valence-electron chi connectivity index (χ0n) is 6.78. The van der Waals surface area contributed by atoms with Gasteiger partial charge in [0.1, 0.15) is 0 Å². The molecule has 3 nitrogen and oxygen atoms in total. The second kappa shape index (κ2) is 3.71. The zero-order valence-corrected chi connectivity index (χ0v) is 6.78. The average Bonchev–Trinajstić information content (AvgIpc) is 2.55. The predicted octanol–water partition coefficient (Wildman–Crippen LogP) is 1.17. The van der Waals surface area contributed by atoms with Gasteiger partial charge in [-0.05, 0) is 6.07 Å². The molecule has 1 N–H and O–H groups in total. The van der Waals surface area contributed by atoms with Crippen molar-refractivity contribution in [1.82, 2.24) is 10.2 Å². The van der Waals surface area contributed by atoms with Gasteiger partial charge in [-0.2, -0.15) is 0 Å². The fourth-order valence-corrected chi connectivity index (χ4v) is 0.808. The van der Waals surface area contributed by atoms with Crippen LogP contribution in [0.5, 0.6) is 0 Å². The van der Waals surface area contributed by atoms with Crippen LogP contribution in [0.4, 0.5) is 0 Å². The summed E-state index contributed by atoms with van der Waals surface area (Å²) in [5.74, 6) is 0. The van der Waals surface area contributed by atoms with Crippen molar-refractivity contribution >= 4 is 5.65 Å². The van der Waals surface area contributed by atoms with Crippen LogP contribution in [-0.4, -0.2) is 10.2 Å². The van der Waals surface area contributed by atoms with E-state index in [1.165, 1.54) is 0 Å². The molecule has 2 aromatic rings. The van der Waals surface area contributed by atoms with Gasteiger partial charge in [-0.3, -0.25) is 0 Å². The molecule has 3 heteroatoms. The Hall–Kier alpha value is -1.38. The number of H-pyrrole nitrogens is 1. The number of nitrogens with zero attached hydrogens (tertiary/aromatic N) is 2. The summed E-state index contributed by atoms with van der Waals surface area (Å²) >= 11 is 0. The average molecular weight is 150 g/mol. The molecule has 0 aliphatic heterocycles. The third kappa shape index (κ3) is 1.55. The molecule has 11 heavy (non-hydrogen) atoms. The van der Waals surface area contributed by atoms with Crippen LogP contribution < -0.4 is 4.40 Å². The first-order valence-corrected chi connectivity index (χ1v) is 3.76. The summed E-state index contributed by atoms with van der Waals surface area (Å²) in [6.45, 7) is 4.00. The van der Waals surface area contributed by atoms with E-state index in [1.807, 2.05) is 42.6 Å². The number of hydrogen-bond donors (Lipinski definition) is 1. The molecule has 0 bridgehead atoms. The van der Waals surface area contributed by atoms with Crippen molar-refractivity contribution in [2.75, 3.05) is 0 Å². The van der Waals surface area contributed by atoms with Crippen LogP contribution in [0.15, 0.2) is 30.7 Å². The van der Waals surface area contributed by atoms with Gasteiger partial charge < -0.3 is 0 Å².